The van der Waals surface area contributed by atoms with E-state index in [0.717, 1.165) is 32.1 Å². The number of hydrogen-bond acceptors (Lipinski definition) is 3. The molecule has 1 N–H and O–H groups in total. The SMILES string of the molecule is Cn1cc(CCC(O)CCCc2cccs2)cn1. The molecule has 4 heteroatoms. The summed E-state index contributed by atoms with van der Waals surface area (Å²) in [6.45, 7) is 0. The predicted octanol–water partition coefficient (Wildman–Crippen LogP) is 2.80. The molecule has 2 rings (SSSR count). The molecular formula is C14H20N2OS. The summed E-state index contributed by atoms with van der Waals surface area (Å²) in [7, 11) is 1.92. The van der Waals surface area contributed by atoms with E-state index in [4.69, 9.17) is 0 Å². The molecule has 0 saturated carbocycles. The van der Waals surface area contributed by atoms with Gasteiger partial charge in [0.25, 0.3) is 0 Å². The minimum absolute atomic E-state index is 0.190. The van der Waals surface area contributed by atoms with E-state index in [1.807, 2.05) is 19.4 Å². The Morgan fingerprint density at radius 1 is 1.39 bits per heavy atom. The molecule has 98 valence electrons. The normalized spacial score (nSPS) is 12.8. The minimum atomic E-state index is -0.190. The first-order valence-corrected chi connectivity index (χ1v) is 7.30. The average Bonchev–Trinajstić information content (AvgIpc) is 2.98. The molecule has 0 radical (unpaired) electrons. The van der Waals surface area contributed by atoms with Crippen molar-refractivity contribution in [3.8, 4) is 0 Å². The van der Waals surface area contributed by atoms with Crippen LogP contribution in [0.1, 0.15) is 29.7 Å². The number of aromatic nitrogens is 2. The van der Waals surface area contributed by atoms with Crippen LogP contribution < -0.4 is 0 Å². The molecule has 0 spiro atoms. The molecule has 2 aromatic rings. The van der Waals surface area contributed by atoms with Crippen LogP contribution in [-0.4, -0.2) is 21.0 Å². The molecule has 3 nitrogen and oxygen atoms in total. The van der Waals surface area contributed by atoms with Gasteiger partial charge in [0, 0.05) is 18.1 Å². The average molecular weight is 264 g/mol. The second-order valence-corrected chi connectivity index (χ2v) is 5.72. The topological polar surface area (TPSA) is 38.0 Å². The lowest BCUT2D eigenvalue weighted by molar-refractivity contribution is 0.152. The Balaban J connectivity index is 1.61. The van der Waals surface area contributed by atoms with Crippen molar-refractivity contribution in [2.24, 2.45) is 7.05 Å². The number of hydrogen-bond donors (Lipinski definition) is 1. The molecule has 0 aliphatic heterocycles. The summed E-state index contributed by atoms with van der Waals surface area (Å²) in [5.41, 5.74) is 1.20. The third-order valence-electron chi connectivity index (χ3n) is 3.07. The van der Waals surface area contributed by atoms with Crippen molar-refractivity contribution in [2.45, 2.75) is 38.2 Å². The Hall–Kier alpha value is -1.13. The third-order valence-corrected chi connectivity index (χ3v) is 4.00. The van der Waals surface area contributed by atoms with Gasteiger partial charge >= 0.3 is 0 Å². The second kappa shape index (κ2) is 6.71. The van der Waals surface area contributed by atoms with Gasteiger partial charge in [-0.2, -0.15) is 5.10 Å². The van der Waals surface area contributed by atoms with Crippen molar-refractivity contribution in [1.82, 2.24) is 9.78 Å². The minimum Gasteiger partial charge on any atom is -0.393 e. The van der Waals surface area contributed by atoms with Crippen molar-refractivity contribution in [3.05, 3.63) is 40.3 Å². The van der Waals surface area contributed by atoms with Crippen molar-refractivity contribution in [3.63, 3.8) is 0 Å². The van der Waals surface area contributed by atoms with Crippen LogP contribution in [0, 0.1) is 0 Å². The molecule has 1 atom stereocenters. The molecule has 0 fully saturated rings. The van der Waals surface area contributed by atoms with Crippen LogP contribution >= 0.6 is 11.3 Å². The zero-order chi connectivity index (χ0) is 12.8. The number of aryl methyl sites for hydroxylation is 3. The molecule has 0 aliphatic rings. The van der Waals surface area contributed by atoms with Crippen molar-refractivity contribution in [1.29, 1.82) is 0 Å². The lowest BCUT2D eigenvalue weighted by Gasteiger charge is -2.08. The molecular weight excluding hydrogens is 244 g/mol. The van der Waals surface area contributed by atoms with E-state index in [-0.39, 0.29) is 6.10 Å². The van der Waals surface area contributed by atoms with Gasteiger partial charge in [-0.15, -0.1) is 11.3 Å². The fourth-order valence-corrected chi connectivity index (χ4v) is 2.80. The Morgan fingerprint density at radius 2 is 2.28 bits per heavy atom. The fraction of sp³-hybridized carbons (Fsp3) is 0.500. The van der Waals surface area contributed by atoms with Crippen LogP contribution in [0.3, 0.4) is 0 Å². The Bertz CT molecular complexity index is 450. The van der Waals surface area contributed by atoms with Gasteiger partial charge in [0.1, 0.15) is 0 Å². The van der Waals surface area contributed by atoms with Crippen molar-refractivity contribution in [2.75, 3.05) is 0 Å². The predicted molar refractivity (Wildman–Crippen MR) is 74.8 cm³/mol. The number of thiophene rings is 1. The van der Waals surface area contributed by atoms with Crippen LogP contribution in [0.15, 0.2) is 29.9 Å². The van der Waals surface area contributed by atoms with Gasteiger partial charge in [-0.1, -0.05) is 6.07 Å². The van der Waals surface area contributed by atoms with Gasteiger partial charge in [0.05, 0.1) is 12.3 Å². The smallest absolute Gasteiger partial charge is 0.0543 e. The first kappa shape index (κ1) is 13.3. The molecule has 18 heavy (non-hydrogen) atoms. The van der Waals surface area contributed by atoms with Gasteiger partial charge < -0.3 is 5.11 Å². The van der Waals surface area contributed by atoms with E-state index in [0.29, 0.717) is 0 Å². The lowest BCUT2D eigenvalue weighted by Crippen LogP contribution is -2.08. The van der Waals surface area contributed by atoms with E-state index >= 15 is 0 Å². The Morgan fingerprint density at radius 3 is 2.94 bits per heavy atom. The number of aliphatic hydroxyl groups excluding tert-OH is 1. The van der Waals surface area contributed by atoms with E-state index in [1.54, 1.807) is 16.0 Å². The maximum Gasteiger partial charge on any atom is 0.0543 e. The second-order valence-electron chi connectivity index (χ2n) is 4.69. The fourth-order valence-electron chi connectivity index (χ4n) is 2.05. The van der Waals surface area contributed by atoms with Gasteiger partial charge in [0.2, 0.25) is 0 Å². The molecule has 2 aromatic heterocycles. The molecule has 0 saturated heterocycles. The van der Waals surface area contributed by atoms with Gasteiger partial charge in [-0.25, -0.2) is 0 Å². The maximum absolute atomic E-state index is 9.92. The zero-order valence-corrected chi connectivity index (χ0v) is 11.6. The molecule has 0 aromatic carbocycles. The van der Waals surface area contributed by atoms with Crippen LogP contribution in [0.2, 0.25) is 0 Å². The Kier molecular flexibility index (Phi) is 4.96. The van der Waals surface area contributed by atoms with E-state index in [1.165, 1.54) is 10.4 Å². The molecule has 2 heterocycles. The van der Waals surface area contributed by atoms with Crippen molar-refractivity contribution >= 4 is 11.3 Å². The first-order valence-electron chi connectivity index (χ1n) is 6.42. The summed E-state index contributed by atoms with van der Waals surface area (Å²) in [4.78, 5) is 1.41. The van der Waals surface area contributed by atoms with Crippen molar-refractivity contribution < 1.29 is 5.11 Å². The Labute approximate surface area is 112 Å². The quantitative estimate of drug-likeness (QED) is 0.835. The van der Waals surface area contributed by atoms with Crippen LogP contribution in [-0.2, 0) is 19.9 Å². The standard InChI is InChI=1S/C14H20N2OS/c1-16-11-12(10-15-16)7-8-13(17)4-2-5-14-6-3-9-18-14/h3,6,9-11,13,17H,2,4-5,7-8H2,1H3. The summed E-state index contributed by atoms with van der Waals surface area (Å²) in [5, 5.41) is 16.2. The van der Waals surface area contributed by atoms with E-state index < -0.39 is 0 Å². The first-order chi connectivity index (χ1) is 8.74. The molecule has 0 aliphatic carbocycles. The summed E-state index contributed by atoms with van der Waals surface area (Å²) in [5.74, 6) is 0. The maximum atomic E-state index is 9.92. The number of aliphatic hydroxyl groups is 1. The third kappa shape index (κ3) is 4.27. The summed E-state index contributed by atoms with van der Waals surface area (Å²) in [6, 6.07) is 4.24. The van der Waals surface area contributed by atoms with Crippen LogP contribution in [0.5, 0.6) is 0 Å². The monoisotopic (exact) mass is 264 g/mol. The summed E-state index contributed by atoms with van der Waals surface area (Å²) < 4.78 is 1.80. The van der Waals surface area contributed by atoms with Gasteiger partial charge in [-0.05, 0) is 49.1 Å². The highest BCUT2D eigenvalue weighted by atomic mass is 32.1. The highest BCUT2D eigenvalue weighted by Crippen LogP contribution is 2.14. The van der Waals surface area contributed by atoms with Gasteiger partial charge in [0.15, 0.2) is 0 Å². The largest absolute Gasteiger partial charge is 0.393 e. The van der Waals surface area contributed by atoms with Gasteiger partial charge in [-0.3, -0.25) is 4.68 Å². The molecule has 0 bridgehead atoms. The summed E-state index contributed by atoms with van der Waals surface area (Å²) >= 11 is 1.79. The van der Waals surface area contributed by atoms with Crippen LogP contribution in [0.25, 0.3) is 0 Å². The highest BCUT2D eigenvalue weighted by Gasteiger charge is 2.06. The molecule has 0 amide bonds. The highest BCUT2D eigenvalue weighted by molar-refractivity contribution is 7.09. The molecule has 1 unspecified atom stereocenters. The summed E-state index contributed by atoms with van der Waals surface area (Å²) in [6.07, 6.45) is 8.47. The van der Waals surface area contributed by atoms with E-state index in [2.05, 4.69) is 22.6 Å². The number of nitrogens with zero attached hydrogens (tertiary/aromatic N) is 2. The van der Waals surface area contributed by atoms with Crippen LogP contribution in [0.4, 0.5) is 0 Å². The number of rotatable bonds is 7. The zero-order valence-electron chi connectivity index (χ0n) is 10.7. The van der Waals surface area contributed by atoms with E-state index in [9.17, 15) is 5.11 Å². The lowest BCUT2D eigenvalue weighted by atomic mass is 10.0.